The highest BCUT2D eigenvalue weighted by Crippen LogP contribution is 2.41. The number of nitrogens with one attached hydrogen (secondary N) is 1. The van der Waals surface area contributed by atoms with Gasteiger partial charge in [-0.15, -0.1) is 0 Å². The number of nitrogens with zero attached hydrogens (tertiary/aromatic N) is 2. The number of rotatable bonds is 5. The van der Waals surface area contributed by atoms with Crippen LogP contribution in [0, 0.1) is 16.0 Å². The smallest absolute Gasteiger partial charge is 0.311 e. The molecule has 0 amide bonds. The van der Waals surface area contributed by atoms with Crippen molar-refractivity contribution in [2.75, 3.05) is 33.3 Å². The van der Waals surface area contributed by atoms with Gasteiger partial charge in [0.2, 0.25) is 0 Å². The second-order valence-electron chi connectivity index (χ2n) is 6.46. The first-order valence-corrected chi connectivity index (χ1v) is 8.48. The first-order chi connectivity index (χ1) is 11.2. The maximum atomic E-state index is 11.4. The van der Waals surface area contributed by atoms with Crippen LogP contribution >= 0.6 is 0 Å². The fraction of sp³-hybridized carbons (Fsp3) is 0.647. The van der Waals surface area contributed by atoms with Gasteiger partial charge in [0, 0.05) is 38.3 Å². The van der Waals surface area contributed by atoms with Crippen molar-refractivity contribution in [1.82, 2.24) is 10.2 Å². The van der Waals surface area contributed by atoms with E-state index in [4.69, 9.17) is 4.74 Å². The molecule has 1 aromatic carbocycles. The van der Waals surface area contributed by atoms with E-state index < -0.39 is 0 Å². The lowest BCUT2D eigenvalue weighted by Crippen LogP contribution is -2.46. The Bertz CT molecular complexity index is 552. The van der Waals surface area contributed by atoms with Crippen LogP contribution < -0.4 is 10.1 Å². The predicted octanol–water partition coefficient (Wildman–Crippen LogP) is 2.74. The molecule has 2 aliphatic rings. The molecule has 1 saturated carbocycles. The third-order valence-electron chi connectivity index (χ3n) is 5.13. The molecule has 0 bridgehead atoms. The summed E-state index contributed by atoms with van der Waals surface area (Å²) < 4.78 is 5.15. The number of ether oxygens (including phenoxy) is 1. The van der Waals surface area contributed by atoms with Crippen LogP contribution in [0.4, 0.5) is 5.69 Å². The molecule has 1 N–H and O–H groups in total. The molecule has 0 radical (unpaired) electrons. The maximum absolute atomic E-state index is 11.4. The van der Waals surface area contributed by atoms with Crippen molar-refractivity contribution in [3.8, 4) is 5.75 Å². The molecule has 2 fully saturated rings. The van der Waals surface area contributed by atoms with Gasteiger partial charge in [-0.2, -0.15) is 0 Å². The minimum absolute atomic E-state index is 0.0723. The van der Waals surface area contributed by atoms with E-state index in [9.17, 15) is 10.1 Å². The molecule has 1 aliphatic carbocycles. The molecule has 1 aliphatic heterocycles. The van der Waals surface area contributed by atoms with Gasteiger partial charge >= 0.3 is 5.69 Å². The summed E-state index contributed by atoms with van der Waals surface area (Å²) in [7, 11) is 1.48. The second-order valence-corrected chi connectivity index (χ2v) is 6.46. The van der Waals surface area contributed by atoms with Crippen LogP contribution in [0.1, 0.15) is 37.3 Å². The van der Waals surface area contributed by atoms with Crippen LogP contribution in [0.15, 0.2) is 18.2 Å². The molecule has 0 spiro atoms. The summed E-state index contributed by atoms with van der Waals surface area (Å²) in [5.41, 5.74) is 1.13. The molecule has 1 saturated heterocycles. The molecular weight excluding hydrogens is 294 g/mol. The summed E-state index contributed by atoms with van der Waals surface area (Å²) in [5, 5.41) is 14.7. The van der Waals surface area contributed by atoms with Crippen LogP contribution in [0.3, 0.4) is 0 Å². The van der Waals surface area contributed by atoms with E-state index in [0.29, 0.717) is 11.7 Å². The highest BCUT2D eigenvalue weighted by atomic mass is 16.6. The second kappa shape index (κ2) is 7.27. The molecule has 6 nitrogen and oxygen atoms in total. The zero-order chi connectivity index (χ0) is 16.2. The number of hydrogen-bond acceptors (Lipinski definition) is 5. The molecule has 1 aromatic rings. The first kappa shape index (κ1) is 16.2. The average molecular weight is 319 g/mol. The number of methoxy groups -OCH3 is 1. The summed E-state index contributed by atoms with van der Waals surface area (Å²) >= 11 is 0. The number of nitro benzene ring substituents is 1. The van der Waals surface area contributed by atoms with E-state index in [1.54, 1.807) is 12.1 Å². The van der Waals surface area contributed by atoms with Gasteiger partial charge in [-0.3, -0.25) is 15.0 Å². The third kappa shape index (κ3) is 3.48. The number of piperazine rings is 1. The van der Waals surface area contributed by atoms with Gasteiger partial charge in [-0.1, -0.05) is 18.9 Å². The van der Waals surface area contributed by atoms with Crippen molar-refractivity contribution >= 4 is 5.69 Å². The average Bonchev–Trinajstić information content (AvgIpc) is 3.10. The molecular formula is C17H25N3O3. The third-order valence-corrected chi connectivity index (χ3v) is 5.13. The van der Waals surface area contributed by atoms with E-state index >= 15 is 0 Å². The lowest BCUT2D eigenvalue weighted by molar-refractivity contribution is -0.385. The minimum Gasteiger partial charge on any atom is -0.490 e. The van der Waals surface area contributed by atoms with E-state index in [-0.39, 0.29) is 16.7 Å². The SMILES string of the molecule is COc1ccc([C@H](C2CCCC2)N2CCNCC2)cc1[N+](=O)[O-]. The Morgan fingerprint density at radius 1 is 1.30 bits per heavy atom. The monoisotopic (exact) mass is 319 g/mol. The highest BCUT2D eigenvalue weighted by molar-refractivity contribution is 5.49. The summed E-state index contributed by atoms with van der Waals surface area (Å²) in [4.78, 5) is 13.5. The molecule has 3 rings (SSSR count). The minimum atomic E-state index is -0.341. The highest BCUT2D eigenvalue weighted by Gasteiger charge is 2.33. The Labute approximate surface area is 137 Å². The first-order valence-electron chi connectivity index (χ1n) is 8.48. The summed E-state index contributed by atoms with van der Waals surface area (Å²) in [6, 6.07) is 5.77. The van der Waals surface area contributed by atoms with Gasteiger partial charge in [-0.25, -0.2) is 0 Å². The van der Waals surface area contributed by atoms with Gasteiger partial charge in [0.15, 0.2) is 5.75 Å². The van der Waals surface area contributed by atoms with E-state index in [1.807, 2.05) is 6.07 Å². The Morgan fingerprint density at radius 2 is 2.00 bits per heavy atom. The van der Waals surface area contributed by atoms with Crippen LogP contribution in [0.25, 0.3) is 0 Å². The van der Waals surface area contributed by atoms with Crippen molar-refractivity contribution in [3.63, 3.8) is 0 Å². The number of benzene rings is 1. The Balaban J connectivity index is 1.94. The number of nitro groups is 1. The van der Waals surface area contributed by atoms with Crippen LogP contribution in [-0.4, -0.2) is 43.1 Å². The largest absolute Gasteiger partial charge is 0.490 e. The van der Waals surface area contributed by atoms with Crippen molar-refractivity contribution in [1.29, 1.82) is 0 Å². The summed E-state index contributed by atoms with van der Waals surface area (Å²) in [5.74, 6) is 0.935. The van der Waals surface area contributed by atoms with Crippen LogP contribution in [0.5, 0.6) is 5.75 Å². The van der Waals surface area contributed by atoms with Crippen molar-refractivity contribution in [2.45, 2.75) is 31.7 Å². The molecule has 0 unspecified atom stereocenters. The molecule has 1 atom stereocenters. The van der Waals surface area contributed by atoms with Gasteiger partial charge in [-0.05, 0) is 30.4 Å². The number of hydrogen-bond donors (Lipinski definition) is 1. The molecule has 23 heavy (non-hydrogen) atoms. The Kier molecular flexibility index (Phi) is 5.13. The normalized spacial score (nSPS) is 21.3. The predicted molar refractivity (Wildman–Crippen MR) is 88.8 cm³/mol. The summed E-state index contributed by atoms with van der Waals surface area (Å²) in [6.45, 7) is 3.98. The van der Waals surface area contributed by atoms with Gasteiger partial charge in [0.25, 0.3) is 0 Å². The molecule has 126 valence electrons. The quantitative estimate of drug-likeness (QED) is 0.667. The zero-order valence-electron chi connectivity index (χ0n) is 13.7. The molecule has 6 heteroatoms. The molecule has 1 heterocycles. The lowest BCUT2D eigenvalue weighted by Gasteiger charge is -2.38. The summed E-state index contributed by atoms with van der Waals surface area (Å²) in [6.07, 6.45) is 4.97. The van der Waals surface area contributed by atoms with E-state index in [0.717, 1.165) is 31.7 Å². The van der Waals surface area contributed by atoms with Crippen molar-refractivity contribution in [2.24, 2.45) is 5.92 Å². The molecule has 0 aromatic heterocycles. The van der Waals surface area contributed by atoms with Crippen molar-refractivity contribution < 1.29 is 9.66 Å². The van der Waals surface area contributed by atoms with Crippen molar-refractivity contribution in [3.05, 3.63) is 33.9 Å². The van der Waals surface area contributed by atoms with Gasteiger partial charge in [0.1, 0.15) is 0 Å². The fourth-order valence-corrected chi connectivity index (χ4v) is 4.05. The van der Waals surface area contributed by atoms with E-state index in [1.165, 1.54) is 32.8 Å². The lowest BCUT2D eigenvalue weighted by atomic mass is 9.89. The topological polar surface area (TPSA) is 67.6 Å². The van der Waals surface area contributed by atoms with Gasteiger partial charge < -0.3 is 10.1 Å². The zero-order valence-corrected chi connectivity index (χ0v) is 13.7. The maximum Gasteiger partial charge on any atom is 0.311 e. The Morgan fingerprint density at radius 3 is 2.61 bits per heavy atom. The standard InChI is InChI=1S/C17H25N3O3/c1-23-16-7-6-14(12-15(16)20(21)22)17(13-4-2-3-5-13)19-10-8-18-9-11-19/h6-7,12-13,17-18H,2-5,8-11H2,1H3/t17-/m0/s1. The van der Waals surface area contributed by atoms with Crippen LogP contribution in [-0.2, 0) is 0 Å². The fourth-order valence-electron chi connectivity index (χ4n) is 4.05. The van der Waals surface area contributed by atoms with Crippen LogP contribution in [0.2, 0.25) is 0 Å². The van der Waals surface area contributed by atoms with Gasteiger partial charge in [0.05, 0.1) is 12.0 Å². The Hall–Kier alpha value is -1.66. The van der Waals surface area contributed by atoms with E-state index in [2.05, 4.69) is 10.2 Å².